The molecule has 2 aliphatic heterocycles. The van der Waals surface area contributed by atoms with Crippen LogP contribution in [-0.4, -0.2) is 53.2 Å². The van der Waals surface area contributed by atoms with Crippen LogP contribution >= 0.6 is 11.6 Å². The number of carbonyl (C=O) groups is 3. The lowest BCUT2D eigenvalue weighted by molar-refractivity contribution is -0.121. The van der Waals surface area contributed by atoms with Crippen molar-refractivity contribution >= 4 is 35.0 Å². The summed E-state index contributed by atoms with van der Waals surface area (Å²) in [4.78, 5) is 42.5. The Morgan fingerprint density at radius 3 is 2.38 bits per heavy atom. The third-order valence-electron chi connectivity index (χ3n) is 5.94. The summed E-state index contributed by atoms with van der Waals surface area (Å²) < 4.78 is 0. The van der Waals surface area contributed by atoms with E-state index in [4.69, 9.17) is 11.6 Å². The van der Waals surface area contributed by atoms with Crippen LogP contribution < -0.4 is 5.32 Å². The number of hydrogen-bond acceptors (Lipinski definition) is 3. The number of rotatable bonds is 2. The van der Waals surface area contributed by atoms with Crippen LogP contribution in [0.3, 0.4) is 0 Å². The summed E-state index contributed by atoms with van der Waals surface area (Å²) in [6, 6.07) is 21.0. The number of anilines is 1. The summed E-state index contributed by atoms with van der Waals surface area (Å²) in [6.45, 7) is 0.818. The Labute approximate surface area is 190 Å². The first kappa shape index (κ1) is 20.3. The molecule has 3 amide bonds. The van der Waals surface area contributed by atoms with Crippen molar-refractivity contribution in [3.8, 4) is 11.1 Å². The van der Waals surface area contributed by atoms with Crippen LogP contribution in [0.1, 0.15) is 20.7 Å². The smallest absolute Gasteiger partial charge is 0.256 e. The van der Waals surface area contributed by atoms with Gasteiger partial charge in [0.25, 0.3) is 11.8 Å². The van der Waals surface area contributed by atoms with Gasteiger partial charge in [-0.05, 0) is 47.5 Å². The van der Waals surface area contributed by atoms with Gasteiger partial charge in [0.05, 0.1) is 17.8 Å². The van der Waals surface area contributed by atoms with E-state index < -0.39 is 6.04 Å². The number of fused-ring (bicyclic) bond motifs is 2. The lowest BCUT2D eigenvalue weighted by Crippen LogP contribution is -2.59. The van der Waals surface area contributed by atoms with Crippen LogP contribution in [0.25, 0.3) is 11.1 Å². The van der Waals surface area contributed by atoms with Crippen molar-refractivity contribution in [2.24, 2.45) is 0 Å². The molecule has 1 saturated heterocycles. The van der Waals surface area contributed by atoms with E-state index in [1.807, 2.05) is 24.3 Å². The van der Waals surface area contributed by atoms with Gasteiger partial charge in [0.1, 0.15) is 6.04 Å². The van der Waals surface area contributed by atoms with E-state index >= 15 is 0 Å². The molecule has 1 N–H and O–H groups in total. The van der Waals surface area contributed by atoms with E-state index in [1.54, 1.807) is 58.3 Å². The molecule has 2 aliphatic rings. The van der Waals surface area contributed by atoms with Crippen molar-refractivity contribution in [2.75, 3.05) is 25.0 Å². The molecule has 160 valence electrons. The average Bonchev–Trinajstić information content (AvgIpc) is 2.93. The van der Waals surface area contributed by atoms with Crippen LogP contribution in [-0.2, 0) is 4.79 Å². The summed E-state index contributed by atoms with van der Waals surface area (Å²) in [5, 5.41) is 3.52. The lowest BCUT2D eigenvalue weighted by Gasteiger charge is -2.39. The average molecular weight is 446 g/mol. The fourth-order valence-corrected chi connectivity index (χ4v) is 4.35. The highest BCUT2D eigenvalue weighted by Gasteiger charge is 2.40. The molecule has 1 unspecified atom stereocenters. The van der Waals surface area contributed by atoms with Crippen LogP contribution in [0.15, 0.2) is 72.8 Å². The molecule has 6 nitrogen and oxygen atoms in total. The molecule has 1 fully saturated rings. The molecule has 1 atom stereocenters. The zero-order chi connectivity index (χ0) is 22.2. The number of carbonyl (C=O) groups excluding carboxylic acids is 3. The van der Waals surface area contributed by atoms with Gasteiger partial charge in [-0.15, -0.1) is 0 Å². The number of hydrogen-bond donors (Lipinski definition) is 1. The van der Waals surface area contributed by atoms with Crippen LogP contribution in [0.2, 0.25) is 5.02 Å². The predicted octanol–water partition coefficient (Wildman–Crippen LogP) is 3.93. The van der Waals surface area contributed by atoms with Gasteiger partial charge in [0.2, 0.25) is 5.91 Å². The van der Waals surface area contributed by atoms with Crippen LogP contribution in [0.4, 0.5) is 5.69 Å². The minimum Gasteiger partial charge on any atom is -0.334 e. The van der Waals surface area contributed by atoms with Gasteiger partial charge in [0, 0.05) is 23.7 Å². The maximum atomic E-state index is 13.4. The van der Waals surface area contributed by atoms with Crippen molar-refractivity contribution in [1.29, 1.82) is 0 Å². The summed E-state index contributed by atoms with van der Waals surface area (Å²) in [5.74, 6) is -0.648. The molecular formula is C25H20ClN3O3. The monoisotopic (exact) mass is 445 g/mol. The molecule has 0 saturated carbocycles. The molecule has 0 aliphatic carbocycles. The van der Waals surface area contributed by atoms with Gasteiger partial charge in [-0.2, -0.15) is 0 Å². The molecule has 7 heteroatoms. The fraction of sp³-hybridized carbons (Fsp3) is 0.160. The minimum absolute atomic E-state index is 0.141. The van der Waals surface area contributed by atoms with Crippen molar-refractivity contribution < 1.29 is 14.4 Å². The van der Waals surface area contributed by atoms with Gasteiger partial charge in [-0.25, -0.2) is 0 Å². The topological polar surface area (TPSA) is 69.7 Å². The maximum absolute atomic E-state index is 13.4. The van der Waals surface area contributed by atoms with Crippen molar-refractivity contribution in [2.45, 2.75) is 6.04 Å². The Bertz CT molecular complexity index is 1210. The third kappa shape index (κ3) is 3.63. The number of nitrogens with zero attached hydrogens (tertiary/aromatic N) is 2. The number of benzene rings is 3. The summed E-state index contributed by atoms with van der Waals surface area (Å²) in [5.41, 5.74) is 3.27. The van der Waals surface area contributed by atoms with Gasteiger partial charge in [0.15, 0.2) is 0 Å². The highest BCUT2D eigenvalue weighted by atomic mass is 35.5. The van der Waals surface area contributed by atoms with Crippen LogP contribution in [0, 0.1) is 0 Å². The van der Waals surface area contributed by atoms with E-state index in [0.29, 0.717) is 34.9 Å². The predicted molar refractivity (Wildman–Crippen MR) is 123 cm³/mol. The zero-order valence-electron chi connectivity index (χ0n) is 17.1. The Morgan fingerprint density at radius 1 is 0.906 bits per heavy atom. The molecule has 5 rings (SSSR count). The lowest BCUT2D eigenvalue weighted by atomic mass is 10.0. The van der Waals surface area contributed by atoms with Gasteiger partial charge in [-0.1, -0.05) is 48.0 Å². The summed E-state index contributed by atoms with van der Waals surface area (Å²) >= 11 is 5.99. The Hall–Kier alpha value is -3.64. The largest absolute Gasteiger partial charge is 0.334 e. The van der Waals surface area contributed by atoms with E-state index in [0.717, 1.165) is 11.1 Å². The zero-order valence-corrected chi connectivity index (χ0v) is 17.9. The first-order valence-electron chi connectivity index (χ1n) is 10.4. The van der Waals surface area contributed by atoms with Crippen molar-refractivity contribution in [3.63, 3.8) is 0 Å². The highest BCUT2D eigenvalue weighted by molar-refractivity contribution is 6.30. The molecule has 0 aromatic heterocycles. The summed E-state index contributed by atoms with van der Waals surface area (Å²) in [7, 11) is 0. The van der Waals surface area contributed by atoms with Crippen LogP contribution in [0.5, 0.6) is 0 Å². The molecule has 3 aromatic carbocycles. The highest BCUT2D eigenvalue weighted by Crippen LogP contribution is 2.31. The second-order valence-corrected chi connectivity index (χ2v) is 8.32. The van der Waals surface area contributed by atoms with E-state index in [-0.39, 0.29) is 24.3 Å². The fourth-order valence-electron chi connectivity index (χ4n) is 4.22. The number of piperazine rings is 1. The second kappa shape index (κ2) is 8.13. The van der Waals surface area contributed by atoms with Crippen molar-refractivity contribution in [1.82, 2.24) is 9.80 Å². The minimum atomic E-state index is -0.740. The number of amides is 3. The molecular weight excluding hydrogens is 426 g/mol. The number of nitrogens with one attached hydrogen (secondary N) is 1. The third-order valence-corrected chi connectivity index (χ3v) is 6.19. The molecule has 0 radical (unpaired) electrons. The molecule has 2 heterocycles. The molecule has 32 heavy (non-hydrogen) atoms. The standard InChI is InChI=1S/C25H20ClN3O3/c26-19-9-6-16(7-10-19)18-8-11-21-20(14-18)25(32)29-13-12-28(15-22(29)23(30)27-21)24(31)17-4-2-1-3-5-17/h1-11,14,22H,12-13,15H2,(H,27,30). The number of halogens is 1. The van der Waals surface area contributed by atoms with Gasteiger partial charge < -0.3 is 15.1 Å². The van der Waals surface area contributed by atoms with Crippen molar-refractivity contribution in [3.05, 3.63) is 88.9 Å². The van der Waals surface area contributed by atoms with Gasteiger partial charge >= 0.3 is 0 Å². The Kier molecular flexibility index (Phi) is 5.15. The Balaban J connectivity index is 1.43. The second-order valence-electron chi connectivity index (χ2n) is 7.89. The first-order chi connectivity index (χ1) is 15.5. The quantitative estimate of drug-likeness (QED) is 0.649. The van der Waals surface area contributed by atoms with E-state index in [1.165, 1.54) is 0 Å². The SMILES string of the molecule is O=C1Nc2ccc(-c3ccc(Cl)cc3)cc2C(=O)N2CCN(C(=O)c3ccccc3)CC12. The Morgan fingerprint density at radius 2 is 1.62 bits per heavy atom. The molecule has 0 bridgehead atoms. The first-order valence-corrected chi connectivity index (χ1v) is 10.8. The summed E-state index contributed by atoms with van der Waals surface area (Å²) in [6.07, 6.45) is 0. The van der Waals surface area contributed by atoms with E-state index in [2.05, 4.69) is 5.32 Å². The molecule has 3 aromatic rings. The molecule has 0 spiro atoms. The van der Waals surface area contributed by atoms with E-state index in [9.17, 15) is 14.4 Å². The normalized spacial score (nSPS) is 17.8. The van der Waals surface area contributed by atoms with Gasteiger partial charge in [-0.3, -0.25) is 14.4 Å². The maximum Gasteiger partial charge on any atom is 0.256 e.